The van der Waals surface area contributed by atoms with E-state index in [1.165, 1.54) is 6.42 Å². The number of thiophene rings is 1. The zero-order valence-corrected chi connectivity index (χ0v) is 7.68. The molecule has 1 aliphatic heterocycles. The van der Waals surface area contributed by atoms with Gasteiger partial charge in [0.15, 0.2) is 0 Å². The van der Waals surface area contributed by atoms with Gasteiger partial charge in [-0.15, -0.1) is 0 Å². The van der Waals surface area contributed by atoms with Crippen molar-refractivity contribution < 1.29 is 5.11 Å². The second-order valence-corrected chi connectivity index (χ2v) is 3.98. The Kier molecular flexibility index (Phi) is 2.44. The van der Waals surface area contributed by atoms with Gasteiger partial charge >= 0.3 is 0 Å². The molecule has 1 saturated heterocycles. The molecule has 66 valence electrons. The molecule has 0 saturated carbocycles. The summed E-state index contributed by atoms with van der Waals surface area (Å²) in [5, 5.41) is 17.2. The van der Waals surface area contributed by atoms with Gasteiger partial charge in [0.1, 0.15) is 0 Å². The average molecular weight is 183 g/mol. The molecule has 0 spiro atoms. The molecule has 2 atom stereocenters. The molecule has 0 radical (unpaired) electrons. The number of aliphatic hydroxyl groups is 1. The lowest BCUT2D eigenvalue weighted by Crippen LogP contribution is -2.28. The Hall–Kier alpha value is -0.380. The lowest BCUT2D eigenvalue weighted by molar-refractivity contribution is 0.138. The van der Waals surface area contributed by atoms with Crippen LogP contribution >= 0.6 is 11.3 Å². The predicted octanol–water partition coefficient (Wildman–Crippen LogP) is 1.53. The number of rotatable bonds is 2. The molecule has 1 aromatic heterocycles. The van der Waals surface area contributed by atoms with Crippen LogP contribution in [0.4, 0.5) is 0 Å². The summed E-state index contributed by atoms with van der Waals surface area (Å²) in [6, 6.07) is 2.27. The van der Waals surface area contributed by atoms with Crippen molar-refractivity contribution in [3.05, 3.63) is 22.4 Å². The normalized spacial score (nSPS) is 25.9. The highest BCUT2D eigenvalue weighted by Crippen LogP contribution is 2.24. The maximum absolute atomic E-state index is 9.85. The summed E-state index contributed by atoms with van der Waals surface area (Å²) in [7, 11) is 0. The molecule has 2 rings (SSSR count). The largest absolute Gasteiger partial charge is 0.387 e. The molecule has 2 heterocycles. The highest BCUT2D eigenvalue weighted by Gasteiger charge is 2.23. The first-order valence-electron chi connectivity index (χ1n) is 4.31. The number of aliphatic hydroxyl groups excluding tert-OH is 1. The van der Waals surface area contributed by atoms with Gasteiger partial charge in [-0.1, -0.05) is 0 Å². The second kappa shape index (κ2) is 3.56. The van der Waals surface area contributed by atoms with Crippen molar-refractivity contribution in [2.24, 2.45) is 0 Å². The molecule has 12 heavy (non-hydrogen) atoms. The Labute approximate surface area is 76.2 Å². The van der Waals surface area contributed by atoms with Crippen LogP contribution in [0.5, 0.6) is 0 Å². The summed E-state index contributed by atoms with van der Waals surface area (Å²) >= 11 is 1.64. The number of nitrogens with one attached hydrogen (secondary N) is 1. The predicted molar refractivity (Wildman–Crippen MR) is 50.3 cm³/mol. The van der Waals surface area contributed by atoms with Gasteiger partial charge in [-0.3, -0.25) is 0 Å². The van der Waals surface area contributed by atoms with Crippen LogP contribution in [0.3, 0.4) is 0 Å². The second-order valence-electron chi connectivity index (χ2n) is 3.20. The van der Waals surface area contributed by atoms with E-state index in [9.17, 15) is 5.11 Å². The minimum atomic E-state index is -0.307. The van der Waals surface area contributed by atoms with Crippen molar-refractivity contribution in [1.29, 1.82) is 0 Å². The quantitative estimate of drug-likeness (QED) is 0.729. The maximum atomic E-state index is 9.85. The summed E-state index contributed by atoms with van der Waals surface area (Å²) in [4.78, 5) is 0. The van der Waals surface area contributed by atoms with Gasteiger partial charge in [0.25, 0.3) is 0 Å². The van der Waals surface area contributed by atoms with Crippen molar-refractivity contribution in [1.82, 2.24) is 5.32 Å². The Morgan fingerprint density at radius 1 is 1.67 bits per heavy atom. The zero-order valence-electron chi connectivity index (χ0n) is 6.86. The molecule has 1 unspecified atom stereocenters. The standard InChI is InChI=1S/C9H13NOS/c11-9(7-3-5-12-6-7)8-2-1-4-10-8/h3,5-6,8-11H,1-2,4H2/t8-,9?/m0/s1. The van der Waals surface area contributed by atoms with Crippen molar-refractivity contribution in [3.8, 4) is 0 Å². The highest BCUT2D eigenvalue weighted by atomic mass is 32.1. The van der Waals surface area contributed by atoms with Crippen LogP contribution in [0, 0.1) is 0 Å². The van der Waals surface area contributed by atoms with Crippen LogP contribution in [-0.2, 0) is 0 Å². The van der Waals surface area contributed by atoms with Crippen molar-refractivity contribution in [2.45, 2.75) is 25.0 Å². The first-order chi connectivity index (χ1) is 5.88. The molecular weight excluding hydrogens is 170 g/mol. The summed E-state index contributed by atoms with van der Waals surface area (Å²) in [5.41, 5.74) is 1.06. The third-order valence-corrected chi connectivity index (χ3v) is 3.07. The van der Waals surface area contributed by atoms with Crippen LogP contribution in [0.2, 0.25) is 0 Å². The van der Waals surface area contributed by atoms with E-state index in [0.717, 1.165) is 18.5 Å². The molecule has 1 aliphatic rings. The molecule has 0 aliphatic carbocycles. The van der Waals surface area contributed by atoms with Crippen molar-refractivity contribution >= 4 is 11.3 Å². The van der Waals surface area contributed by atoms with Crippen LogP contribution in [0.1, 0.15) is 24.5 Å². The molecule has 0 amide bonds. The zero-order chi connectivity index (χ0) is 8.39. The molecule has 0 aromatic carbocycles. The lowest BCUT2D eigenvalue weighted by Gasteiger charge is -2.16. The van der Waals surface area contributed by atoms with Gasteiger partial charge in [0, 0.05) is 6.04 Å². The van der Waals surface area contributed by atoms with E-state index in [-0.39, 0.29) is 12.1 Å². The summed E-state index contributed by atoms with van der Waals surface area (Å²) < 4.78 is 0. The molecule has 2 nitrogen and oxygen atoms in total. The number of hydrogen-bond donors (Lipinski definition) is 2. The van der Waals surface area contributed by atoms with E-state index in [1.807, 2.05) is 16.8 Å². The van der Waals surface area contributed by atoms with Gasteiger partial charge in [0.2, 0.25) is 0 Å². The molecule has 1 aromatic rings. The fraction of sp³-hybridized carbons (Fsp3) is 0.556. The lowest BCUT2D eigenvalue weighted by atomic mass is 10.0. The van der Waals surface area contributed by atoms with Gasteiger partial charge in [-0.2, -0.15) is 11.3 Å². The van der Waals surface area contributed by atoms with Gasteiger partial charge < -0.3 is 10.4 Å². The minimum Gasteiger partial charge on any atom is -0.387 e. The van der Waals surface area contributed by atoms with Crippen LogP contribution in [-0.4, -0.2) is 17.7 Å². The first-order valence-corrected chi connectivity index (χ1v) is 5.26. The third-order valence-electron chi connectivity index (χ3n) is 2.36. The fourth-order valence-electron chi connectivity index (χ4n) is 1.66. The molecule has 1 fully saturated rings. The van der Waals surface area contributed by atoms with Crippen LogP contribution < -0.4 is 5.32 Å². The maximum Gasteiger partial charge on any atom is 0.0950 e. The first kappa shape index (κ1) is 8.23. The fourth-order valence-corrected chi connectivity index (χ4v) is 2.35. The van der Waals surface area contributed by atoms with E-state index in [4.69, 9.17) is 0 Å². The van der Waals surface area contributed by atoms with E-state index < -0.39 is 0 Å². The van der Waals surface area contributed by atoms with Crippen molar-refractivity contribution in [2.75, 3.05) is 6.54 Å². The van der Waals surface area contributed by atoms with Crippen molar-refractivity contribution in [3.63, 3.8) is 0 Å². The molecule has 2 N–H and O–H groups in total. The van der Waals surface area contributed by atoms with E-state index in [1.54, 1.807) is 11.3 Å². The Bertz CT molecular complexity index is 229. The highest BCUT2D eigenvalue weighted by molar-refractivity contribution is 7.07. The topological polar surface area (TPSA) is 32.3 Å². The summed E-state index contributed by atoms with van der Waals surface area (Å²) in [6.07, 6.45) is 1.97. The minimum absolute atomic E-state index is 0.277. The molecule has 3 heteroatoms. The Morgan fingerprint density at radius 2 is 2.58 bits per heavy atom. The van der Waals surface area contributed by atoms with Gasteiger partial charge in [-0.05, 0) is 41.8 Å². The average Bonchev–Trinajstić information content (AvgIpc) is 2.77. The van der Waals surface area contributed by atoms with Gasteiger partial charge in [0.05, 0.1) is 6.10 Å². The summed E-state index contributed by atoms with van der Waals surface area (Å²) in [5.74, 6) is 0. The van der Waals surface area contributed by atoms with Gasteiger partial charge in [-0.25, -0.2) is 0 Å². The molecule has 0 bridgehead atoms. The Balaban J connectivity index is 2.04. The van der Waals surface area contributed by atoms with Crippen LogP contribution in [0.25, 0.3) is 0 Å². The van der Waals surface area contributed by atoms with E-state index in [2.05, 4.69) is 5.32 Å². The monoisotopic (exact) mass is 183 g/mol. The van der Waals surface area contributed by atoms with E-state index >= 15 is 0 Å². The van der Waals surface area contributed by atoms with Crippen LogP contribution in [0.15, 0.2) is 16.8 Å². The smallest absolute Gasteiger partial charge is 0.0950 e. The Morgan fingerprint density at radius 3 is 3.17 bits per heavy atom. The SMILES string of the molecule is OC(c1ccsc1)[C@@H]1CCCN1. The number of hydrogen-bond acceptors (Lipinski definition) is 3. The third kappa shape index (κ3) is 1.53. The van der Waals surface area contributed by atoms with E-state index in [0.29, 0.717) is 0 Å². The summed E-state index contributed by atoms with van der Waals surface area (Å²) in [6.45, 7) is 1.05. The molecular formula is C9H13NOS.